The first-order valence-corrected chi connectivity index (χ1v) is 4.75. The van der Waals surface area contributed by atoms with Crippen molar-refractivity contribution in [2.75, 3.05) is 0 Å². The number of phenols is 1. The number of aromatic hydroxyl groups is 1. The van der Waals surface area contributed by atoms with Gasteiger partial charge in [-0.1, -0.05) is 6.07 Å². The van der Waals surface area contributed by atoms with Gasteiger partial charge in [0.25, 0.3) is 0 Å². The second-order valence-electron chi connectivity index (χ2n) is 3.01. The van der Waals surface area contributed by atoms with E-state index in [4.69, 9.17) is 5.26 Å². The predicted octanol–water partition coefficient (Wildman–Crippen LogP) is 2.89. The molecule has 0 fully saturated rings. The second-order valence-corrected chi connectivity index (χ2v) is 3.80. The van der Waals surface area contributed by atoms with Crippen LogP contribution in [0.4, 0.5) is 0 Å². The SMILES string of the molecule is Cc1cc(C)c(SC#N)c(C)c1O. The second kappa shape index (κ2) is 3.71. The highest BCUT2D eigenvalue weighted by molar-refractivity contribution is 8.03. The van der Waals surface area contributed by atoms with Crippen LogP contribution < -0.4 is 0 Å². The van der Waals surface area contributed by atoms with Crippen LogP contribution in [0.15, 0.2) is 11.0 Å². The monoisotopic (exact) mass is 193 g/mol. The lowest BCUT2D eigenvalue weighted by Crippen LogP contribution is -1.88. The summed E-state index contributed by atoms with van der Waals surface area (Å²) < 4.78 is 0. The van der Waals surface area contributed by atoms with Gasteiger partial charge in [-0.25, -0.2) is 0 Å². The van der Waals surface area contributed by atoms with Crippen LogP contribution in [0, 0.1) is 31.4 Å². The number of rotatable bonds is 1. The van der Waals surface area contributed by atoms with E-state index in [1.807, 2.05) is 32.2 Å². The Morgan fingerprint density at radius 3 is 2.46 bits per heavy atom. The maximum Gasteiger partial charge on any atom is 0.138 e. The van der Waals surface area contributed by atoms with E-state index in [0.29, 0.717) is 5.75 Å². The lowest BCUT2D eigenvalue weighted by molar-refractivity contribution is 0.464. The van der Waals surface area contributed by atoms with Gasteiger partial charge in [-0.15, -0.1) is 0 Å². The van der Waals surface area contributed by atoms with Crippen LogP contribution in [0.2, 0.25) is 0 Å². The molecular weight excluding hydrogens is 182 g/mol. The number of nitrogens with zero attached hydrogens (tertiary/aromatic N) is 1. The van der Waals surface area contributed by atoms with Crippen LogP contribution >= 0.6 is 11.8 Å². The van der Waals surface area contributed by atoms with Crippen molar-refractivity contribution in [3.05, 3.63) is 22.8 Å². The molecule has 13 heavy (non-hydrogen) atoms. The largest absolute Gasteiger partial charge is 0.507 e. The van der Waals surface area contributed by atoms with Crippen LogP contribution in [-0.4, -0.2) is 5.11 Å². The van der Waals surface area contributed by atoms with Crippen LogP contribution in [-0.2, 0) is 0 Å². The van der Waals surface area contributed by atoms with Crippen molar-refractivity contribution < 1.29 is 5.11 Å². The molecule has 0 unspecified atom stereocenters. The summed E-state index contributed by atoms with van der Waals surface area (Å²) in [6, 6.07) is 1.89. The molecule has 0 radical (unpaired) electrons. The normalized spacial score (nSPS) is 9.69. The minimum atomic E-state index is 0.295. The van der Waals surface area contributed by atoms with Crippen molar-refractivity contribution >= 4 is 11.8 Å². The third kappa shape index (κ3) is 1.78. The summed E-state index contributed by atoms with van der Waals surface area (Å²) in [6.45, 7) is 5.63. The first kappa shape index (κ1) is 9.94. The highest BCUT2D eigenvalue weighted by Crippen LogP contribution is 2.33. The molecule has 1 rings (SSSR count). The highest BCUT2D eigenvalue weighted by Gasteiger charge is 2.09. The van der Waals surface area contributed by atoms with E-state index < -0.39 is 0 Å². The van der Waals surface area contributed by atoms with Gasteiger partial charge >= 0.3 is 0 Å². The Balaban J connectivity index is 3.36. The predicted molar refractivity (Wildman–Crippen MR) is 53.8 cm³/mol. The molecular formula is C10H11NOS. The van der Waals surface area contributed by atoms with Gasteiger partial charge in [-0.05, 0) is 43.7 Å². The van der Waals surface area contributed by atoms with Crippen LogP contribution in [0.5, 0.6) is 5.75 Å². The Labute approximate surface area is 82.2 Å². The van der Waals surface area contributed by atoms with Crippen LogP contribution in [0.3, 0.4) is 0 Å². The third-order valence-electron chi connectivity index (χ3n) is 2.01. The molecule has 0 aliphatic carbocycles. The van der Waals surface area contributed by atoms with Gasteiger partial charge < -0.3 is 5.11 Å². The first-order chi connectivity index (χ1) is 6.07. The molecule has 2 nitrogen and oxygen atoms in total. The summed E-state index contributed by atoms with van der Waals surface area (Å²) >= 11 is 1.10. The molecule has 3 heteroatoms. The van der Waals surface area contributed by atoms with Crippen molar-refractivity contribution in [1.29, 1.82) is 5.26 Å². The number of thiocyanates is 1. The molecule has 0 atom stereocenters. The van der Waals surface area contributed by atoms with E-state index >= 15 is 0 Å². The van der Waals surface area contributed by atoms with Crippen molar-refractivity contribution in [2.24, 2.45) is 0 Å². The molecule has 0 aliphatic rings. The first-order valence-electron chi connectivity index (χ1n) is 3.93. The van der Waals surface area contributed by atoms with Gasteiger partial charge in [0, 0.05) is 10.5 Å². The molecule has 0 saturated heterocycles. The molecule has 1 N–H and O–H groups in total. The fraction of sp³-hybridized carbons (Fsp3) is 0.300. The third-order valence-corrected chi connectivity index (χ3v) is 2.93. The fourth-order valence-electron chi connectivity index (χ4n) is 1.36. The molecule has 0 saturated carbocycles. The van der Waals surface area contributed by atoms with Crippen molar-refractivity contribution in [2.45, 2.75) is 25.7 Å². The van der Waals surface area contributed by atoms with E-state index in [1.54, 1.807) is 0 Å². The van der Waals surface area contributed by atoms with E-state index in [2.05, 4.69) is 0 Å². The van der Waals surface area contributed by atoms with Crippen LogP contribution in [0.25, 0.3) is 0 Å². The van der Waals surface area contributed by atoms with E-state index in [1.165, 1.54) is 0 Å². The van der Waals surface area contributed by atoms with Gasteiger partial charge in [0.15, 0.2) is 0 Å². The maximum atomic E-state index is 9.62. The summed E-state index contributed by atoms with van der Waals surface area (Å²) in [5, 5.41) is 20.2. The number of aryl methyl sites for hydroxylation is 2. The zero-order valence-electron chi connectivity index (χ0n) is 7.88. The average molecular weight is 193 g/mol. The smallest absolute Gasteiger partial charge is 0.138 e. The number of phenolic OH excluding ortho intramolecular Hbond substituents is 1. The van der Waals surface area contributed by atoms with Crippen molar-refractivity contribution in [3.63, 3.8) is 0 Å². The molecule has 68 valence electrons. The molecule has 0 heterocycles. The number of hydrogen-bond acceptors (Lipinski definition) is 3. The number of nitriles is 1. The number of benzene rings is 1. The molecule has 0 spiro atoms. The Bertz CT molecular complexity index is 379. The Morgan fingerprint density at radius 1 is 1.31 bits per heavy atom. The standard InChI is InChI=1S/C10H11NOS/c1-6-4-7(2)10(13-5-11)8(3)9(6)12/h4,12H,1-3H3. The molecule has 0 aliphatic heterocycles. The summed E-state index contributed by atoms with van der Waals surface area (Å²) in [5.74, 6) is 0.295. The van der Waals surface area contributed by atoms with E-state index in [-0.39, 0.29) is 0 Å². The van der Waals surface area contributed by atoms with Gasteiger partial charge in [0.05, 0.1) is 0 Å². The molecule has 0 bridgehead atoms. The minimum absolute atomic E-state index is 0.295. The lowest BCUT2D eigenvalue weighted by atomic mass is 10.1. The molecule has 0 amide bonds. The molecule has 1 aromatic carbocycles. The highest BCUT2D eigenvalue weighted by atomic mass is 32.2. The summed E-state index contributed by atoms with van der Waals surface area (Å²) in [5.41, 5.74) is 2.70. The van der Waals surface area contributed by atoms with Gasteiger partial charge in [0.2, 0.25) is 0 Å². The van der Waals surface area contributed by atoms with E-state index in [0.717, 1.165) is 33.3 Å². The Kier molecular flexibility index (Phi) is 2.84. The molecule has 0 aromatic heterocycles. The minimum Gasteiger partial charge on any atom is -0.507 e. The summed E-state index contributed by atoms with van der Waals surface area (Å²) in [4.78, 5) is 0.866. The van der Waals surface area contributed by atoms with Gasteiger partial charge in [-0.2, -0.15) is 5.26 Å². The van der Waals surface area contributed by atoms with Gasteiger partial charge in [0.1, 0.15) is 11.2 Å². The molecule has 1 aromatic rings. The van der Waals surface area contributed by atoms with Crippen molar-refractivity contribution in [3.8, 4) is 11.2 Å². The van der Waals surface area contributed by atoms with Crippen molar-refractivity contribution in [1.82, 2.24) is 0 Å². The zero-order valence-corrected chi connectivity index (χ0v) is 8.70. The maximum absolute atomic E-state index is 9.62. The topological polar surface area (TPSA) is 44.0 Å². The van der Waals surface area contributed by atoms with Crippen LogP contribution in [0.1, 0.15) is 16.7 Å². The summed E-state index contributed by atoms with van der Waals surface area (Å²) in [7, 11) is 0. The van der Waals surface area contributed by atoms with E-state index in [9.17, 15) is 5.11 Å². The van der Waals surface area contributed by atoms with Gasteiger partial charge in [-0.3, -0.25) is 0 Å². The number of hydrogen-bond donors (Lipinski definition) is 1. The zero-order chi connectivity index (χ0) is 10.0. The Morgan fingerprint density at radius 2 is 1.92 bits per heavy atom. The summed E-state index contributed by atoms with van der Waals surface area (Å²) in [6.07, 6.45) is 0. The Hall–Kier alpha value is -1.14. The fourth-order valence-corrected chi connectivity index (χ4v) is 1.92. The lowest BCUT2D eigenvalue weighted by Gasteiger charge is -2.09. The quantitative estimate of drug-likeness (QED) is 0.551. The number of thioether (sulfide) groups is 1. The average Bonchev–Trinajstić information content (AvgIpc) is 2.09.